The lowest BCUT2D eigenvalue weighted by Crippen LogP contribution is -2.31. The highest BCUT2D eigenvalue weighted by Gasteiger charge is 2.35. The lowest BCUT2D eigenvalue weighted by molar-refractivity contribution is -0.113. The molecule has 1 atom stereocenters. The maximum absolute atomic E-state index is 13.9. The summed E-state index contributed by atoms with van der Waals surface area (Å²) in [4.78, 5) is 18.7. The highest BCUT2D eigenvalue weighted by molar-refractivity contribution is 6.07. The Morgan fingerprint density at radius 2 is 1.54 bits per heavy atom. The van der Waals surface area contributed by atoms with Gasteiger partial charge in [0.15, 0.2) is 11.5 Å². The van der Waals surface area contributed by atoms with Gasteiger partial charge in [-0.05, 0) is 48.9 Å². The number of ether oxygens (including phenoxy) is 4. The van der Waals surface area contributed by atoms with Crippen LogP contribution in [0.15, 0.2) is 71.9 Å². The quantitative estimate of drug-likeness (QED) is 0.369. The minimum atomic E-state index is -0.549. The third-order valence-corrected chi connectivity index (χ3v) is 6.43. The van der Waals surface area contributed by atoms with E-state index in [1.165, 1.54) is 0 Å². The van der Waals surface area contributed by atoms with Crippen LogP contribution < -0.4 is 29.6 Å². The van der Waals surface area contributed by atoms with Crippen LogP contribution in [0.4, 0.5) is 11.6 Å². The molecular weight excluding hydrogens is 472 g/mol. The molecule has 5 rings (SSSR count). The van der Waals surface area contributed by atoms with E-state index in [1.807, 2.05) is 60.0 Å². The molecule has 2 heterocycles. The van der Waals surface area contributed by atoms with Crippen molar-refractivity contribution < 1.29 is 23.7 Å². The first-order valence-electron chi connectivity index (χ1n) is 11.7. The maximum atomic E-state index is 13.9. The van der Waals surface area contributed by atoms with E-state index in [0.717, 1.165) is 16.6 Å². The van der Waals surface area contributed by atoms with Crippen LogP contribution in [0.3, 0.4) is 0 Å². The van der Waals surface area contributed by atoms with Crippen LogP contribution in [0.5, 0.6) is 23.0 Å². The van der Waals surface area contributed by atoms with Crippen molar-refractivity contribution in [3.63, 3.8) is 0 Å². The molecule has 1 aliphatic heterocycles. The molecule has 190 valence electrons. The van der Waals surface area contributed by atoms with Gasteiger partial charge in [-0.3, -0.25) is 9.36 Å². The minimum absolute atomic E-state index is 0.281. The molecule has 1 aromatic heterocycles. The lowest BCUT2D eigenvalue weighted by Gasteiger charge is -2.31. The Kier molecular flexibility index (Phi) is 6.35. The van der Waals surface area contributed by atoms with E-state index < -0.39 is 6.04 Å². The van der Waals surface area contributed by atoms with E-state index >= 15 is 0 Å². The van der Waals surface area contributed by atoms with Gasteiger partial charge in [0.25, 0.3) is 5.91 Å². The summed E-state index contributed by atoms with van der Waals surface area (Å²) in [6, 6.07) is 18.3. The number of amides is 1. The van der Waals surface area contributed by atoms with Crippen LogP contribution in [0.1, 0.15) is 18.5 Å². The summed E-state index contributed by atoms with van der Waals surface area (Å²) >= 11 is 0. The number of hydrogen-bond donors (Lipinski definition) is 2. The van der Waals surface area contributed by atoms with Gasteiger partial charge in [-0.1, -0.05) is 24.3 Å². The molecule has 1 unspecified atom stereocenters. The van der Waals surface area contributed by atoms with Crippen molar-refractivity contribution in [3.8, 4) is 23.0 Å². The average Bonchev–Trinajstić information content (AvgIpc) is 3.29. The van der Waals surface area contributed by atoms with E-state index in [2.05, 4.69) is 10.6 Å². The van der Waals surface area contributed by atoms with Gasteiger partial charge in [-0.15, -0.1) is 0 Å². The van der Waals surface area contributed by atoms with Crippen LogP contribution in [0, 0.1) is 0 Å². The number of allylic oxidation sites excluding steroid dienone is 1. The summed E-state index contributed by atoms with van der Waals surface area (Å²) < 4.78 is 24.3. The van der Waals surface area contributed by atoms with Gasteiger partial charge in [-0.2, -0.15) is 0 Å². The number of anilines is 2. The van der Waals surface area contributed by atoms with Gasteiger partial charge in [0.1, 0.15) is 5.75 Å². The minimum Gasteiger partial charge on any atom is -0.495 e. The van der Waals surface area contributed by atoms with Crippen LogP contribution in [0.2, 0.25) is 0 Å². The predicted molar refractivity (Wildman–Crippen MR) is 142 cm³/mol. The number of carbonyl (C=O) groups excluding carboxylic acids is 1. The van der Waals surface area contributed by atoms with Gasteiger partial charge >= 0.3 is 0 Å². The molecule has 9 heteroatoms. The second-order valence-electron chi connectivity index (χ2n) is 8.47. The van der Waals surface area contributed by atoms with Crippen molar-refractivity contribution in [2.24, 2.45) is 0 Å². The second-order valence-corrected chi connectivity index (χ2v) is 8.47. The molecule has 0 saturated heterocycles. The molecule has 9 nitrogen and oxygen atoms in total. The first kappa shape index (κ1) is 24.1. The normalized spacial score (nSPS) is 14.6. The van der Waals surface area contributed by atoms with Crippen molar-refractivity contribution in [1.82, 2.24) is 9.55 Å². The number of benzene rings is 3. The Morgan fingerprint density at radius 3 is 2.22 bits per heavy atom. The van der Waals surface area contributed by atoms with Crippen LogP contribution in [0.25, 0.3) is 11.0 Å². The summed E-state index contributed by atoms with van der Waals surface area (Å²) in [7, 11) is 6.26. The lowest BCUT2D eigenvalue weighted by atomic mass is 9.93. The van der Waals surface area contributed by atoms with E-state index in [9.17, 15) is 4.79 Å². The van der Waals surface area contributed by atoms with Gasteiger partial charge in [0.05, 0.1) is 56.8 Å². The zero-order valence-electron chi connectivity index (χ0n) is 21.3. The molecule has 3 aromatic carbocycles. The van der Waals surface area contributed by atoms with Crippen LogP contribution in [-0.4, -0.2) is 43.9 Å². The summed E-state index contributed by atoms with van der Waals surface area (Å²) in [5.74, 6) is 2.37. The number of imidazole rings is 1. The van der Waals surface area contributed by atoms with E-state index in [0.29, 0.717) is 45.9 Å². The summed E-state index contributed by atoms with van der Waals surface area (Å²) in [6.45, 7) is 1.87. The fourth-order valence-corrected chi connectivity index (χ4v) is 4.77. The highest BCUT2D eigenvalue weighted by atomic mass is 16.5. The first-order chi connectivity index (χ1) is 18.0. The number of aromatic nitrogens is 2. The number of nitrogens with one attached hydrogen (secondary N) is 2. The number of rotatable bonds is 7. The van der Waals surface area contributed by atoms with E-state index in [-0.39, 0.29) is 5.91 Å². The zero-order chi connectivity index (χ0) is 26.1. The van der Waals surface area contributed by atoms with E-state index in [1.54, 1.807) is 40.6 Å². The van der Waals surface area contributed by atoms with Gasteiger partial charge in [0, 0.05) is 5.70 Å². The monoisotopic (exact) mass is 500 g/mol. The number of hydrogen-bond acceptors (Lipinski definition) is 7. The number of nitrogens with zero attached hydrogens (tertiary/aromatic N) is 2. The Morgan fingerprint density at radius 1 is 0.892 bits per heavy atom. The zero-order valence-corrected chi connectivity index (χ0v) is 21.3. The molecule has 1 amide bonds. The molecule has 0 bridgehead atoms. The number of methoxy groups -OCH3 is 4. The number of para-hydroxylation sites is 4. The largest absolute Gasteiger partial charge is 0.495 e. The maximum Gasteiger partial charge on any atom is 0.255 e. The van der Waals surface area contributed by atoms with Crippen LogP contribution in [-0.2, 0) is 4.79 Å². The van der Waals surface area contributed by atoms with E-state index in [4.69, 9.17) is 23.9 Å². The van der Waals surface area contributed by atoms with Crippen molar-refractivity contribution in [3.05, 3.63) is 77.5 Å². The molecule has 37 heavy (non-hydrogen) atoms. The molecule has 0 radical (unpaired) electrons. The SMILES string of the molecule is COc1ccccc1NC(=O)C1=C(C)Nc2nc3ccccc3n2C1c1cc(OC)c(OC)c(OC)c1. The average molecular weight is 501 g/mol. The molecule has 4 aromatic rings. The standard InChI is InChI=1S/C28H28N4O5/c1-16-24(27(33)30-19-11-7-9-13-21(19)34-2)25(17-14-22(35-3)26(37-5)23(15-17)36-4)32-20-12-8-6-10-18(20)31-28(32)29-16/h6-15,25H,1-5H3,(H,29,31)(H,30,33). The topological polar surface area (TPSA) is 95.9 Å². The third-order valence-electron chi connectivity index (χ3n) is 6.43. The predicted octanol–water partition coefficient (Wildman–Crippen LogP) is 5.00. The van der Waals surface area contributed by atoms with Crippen molar-refractivity contribution >= 4 is 28.6 Å². The summed E-state index contributed by atoms with van der Waals surface area (Å²) in [5, 5.41) is 6.36. The molecule has 0 fully saturated rings. The fourth-order valence-electron chi connectivity index (χ4n) is 4.77. The third kappa shape index (κ3) is 4.08. The van der Waals surface area contributed by atoms with Crippen LogP contribution >= 0.6 is 0 Å². The van der Waals surface area contributed by atoms with Gasteiger partial charge in [0.2, 0.25) is 11.7 Å². The van der Waals surface area contributed by atoms with Crippen molar-refractivity contribution in [2.75, 3.05) is 39.1 Å². The Hall–Kier alpha value is -4.66. The summed E-state index contributed by atoms with van der Waals surface area (Å²) in [6.07, 6.45) is 0. The highest BCUT2D eigenvalue weighted by Crippen LogP contribution is 2.45. The van der Waals surface area contributed by atoms with Crippen molar-refractivity contribution in [1.29, 1.82) is 0 Å². The fraction of sp³-hybridized carbons (Fsp3) is 0.214. The van der Waals surface area contributed by atoms with Crippen molar-refractivity contribution in [2.45, 2.75) is 13.0 Å². The molecular formula is C28H28N4O5. The molecule has 0 aliphatic carbocycles. The Labute approximate surface area is 214 Å². The number of carbonyl (C=O) groups is 1. The second kappa shape index (κ2) is 9.77. The molecule has 2 N–H and O–H groups in total. The van der Waals surface area contributed by atoms with Gasteiger partial charge in [-0.25, -0.2) is 4.98 Å². The smallest absolute Gasteiger partial charge is 0.255 e. The number of fused-ring (bicyclic) bond motifs is 3. The molecule has 0 spiro atoms. The molecule has 0 saturated carbocycles. The Balaban J connectivity index is 1.72. The Bertz CT molecular complexity index is 1500. The molecule has 1 aliphatic rings. The summed E-state index contributed by atoms with van der Waals surface area (Å²) in [5.41, 5.74) is 4.20. The van der Waals surface area contributed by atoms with Gasteiger partial charge < -0.3 is 29.6 Å². The first-order valence-corrected chi connectivity index (χ1v) is 11.7.